The van der Waals surface area contributed by atoms with Crippen molar-refractivity contribution in [1.29, 1.82) is 0 Å². The van der Waals surface area contributed by atoms with E-state index >= 15 is 0 Å². The zero-order chi connectivity index (χ0) is 15.8. The molecule has 0 saturated heterocycles. The number of thioether (sulfide) groups is 1. The smallest absolute Gasteiger partial charge is 0.326 e. The summed E-state index contributed by atoms with van der Waals surface area (Å²) in [5, 5.41) is 11.7. The lowest BCUT2D eigenvalue weighted by molar-refractivity contribution is -0.141. The van der Waals surface area contributed by atoms with Crippen LogP contribution in [0, 0.1) is 6.92 Å². The summed E-state index contributed by atoms with van der Waals surface area (Å²) in [7, 11) is 0. The van der Waals surface area contributed by atoms with Crippen molar-refractivity contribution in [3.8, 4) is 0 Å². The Bertz CT molecular complexity index is 508. The number of unbranched alkanes of at least 4 members (excludes halogenated alkanes) is 1. The summed E-state index contributed by atoms with van der Waals surface area (Å²) in [4.78, 5) is 24.0. The minimum atomic E-state index is -0.971. The average Bonchev–Trinajstić information content (AvgIpc) is 2.42. The molecule has 21 heavy (non-hydrogen) atoms. The van der Waals surface area contributed by atoms with Gasteiger partial charge in [0, 0.05) is 9.37 Å². The first kappa shape index (κ1) is 18.0. The van der Waals surface area contributed by atoms with Gasteiger partial charge in [0.15, 0.2) is 0 Å². The van der Waals surface area contributed by atoms with E-state index in [1.54, 1.807) is 0 Å². The molecule has 0 bridgehead atoms. The van der Waals surface area contributed by atoms with Crippen molar-refractivity contribution in [2.45, 2.75) is 44.0 Å². The molecule has 1 aromatic carbocycles. The summed E-state index contributed by atoms with van der Waals surface area (Å²) in [6, 6.07) is 5.07. The van der Waals surface area contributed by atoms with Crippen LogP contribution in [0.2, 0.25) is 0 Å². The second-order valence-electron chi connectivity index (χ2n) is 4.80. The van der Waals surface area contributed by atoms with Crippen LogP contribution in [-0.4, -0.2) is 28.8 Å². The minimum absolute atomic E-state index is 0.221. The molecule has 0 heterocycles. The zero-order valence-corrected chi connectivity index (χ0v) is 14.6. The third-order valence-electron chi connectivity index (χ3n) is 2.98. The average molecular weight is 374 g/mol. The lowest BCUT2D eigenvalue weighted by Crippen LogP contribution is -2.41. The van der Waals surface area contributed by atoms with Gasteiger partial charge >= 0.3 is 5.97 Å². The van der Waals surface area contributed by atoms with Crippen LogP contribution in [-0.2, 0) is 9.59 Å². The molecule has 1 amide bonds. The maximum absolute atomic E-state index is 11.9. The number of carboxylic acid groups (broad SMARTS) is 1. The second kappa shape index (κ2) is 9.10. The van der Waals surface area contributed by atoms with E-state index in [0.717, 1.165) is 27.8 Å². The quantitative estimate of drug-likeness (QED) is 0.683. The van der Waals surface area contributed by atoms with Crippen LogP contribution in [0.3, 0.4) is 0 Å². The van der Waals surface area contributed by atoms with E-state index in [-0.39, 0.29) is 11.7 Å². The van der Waals surface area contributed by atoms with Crippen LogP contribution >= 0.6 is 27.7 Å². The Balaban J connectivity index is 2.50. The molecule has 6 heteroatoms. The molecule has 0 saturated carbocycles. The number of hydrogen-bond donors (Lipinski definition) is 2. The summed E-state index contributed by atoms with van der Waals surface area (Å²) in [5.74, 6) is -0.995. The highest BCUT2D eigenvalue weighted by molar-refractivity contribution is 9.10. The Hall–Kier alpha value is -1.01. The highest BCUT2D eigenvalue weighted by Crippen LogP contribution is 2.25. The number of benzene rings is 1. The van der Waals surface area contributed by atoms with Crippen LogP contribution in [0.4, 0.5) is 0 Å². The van der Waals surface area contributed by atoms with Gasteiger partial charge in [-0.1, -0.05) is 35.7 Å². The summed E-state index contributed by atoms with van der Waals surface area (Å²) >= 11 is 4.81. The van der Waals surface area contributed by atoms with Gasteiger partial charge in [-0.05, 0) is 37.1 Å². The molecular weight excluding hydrogens is 354 g/mol. The second-order valence-corrected chi connectivity index (χ2v) is 6.73. The fraction of sp³-hybridized carbons (Fsp3) is 0.467. The number of carbonyl (C=O) groups is 2. The predicted molar refractivity (Wildman–Crippen MR) is 88.7 cm³/mol. The molecule has 0 fully saturated rings. The van der Waals surface area contributed by atoms with Crippen molar-refractivity contribution >= 4 is 39.6 Å². The van der Waals surface area contributed by atoms with Gasteiger partial charge in [0.2, 0.25) is 5.91 Å². The van der Waals surface area contributed by atoms with Crippen LogP contribution in [0.25, 0.3) is 0 Å². The first-order valence-electron chi connectivity index (χ1n) is 6.85. The van der Waals surface area contributed by atoms with Gasteiger partial charge in [-0.2, -0.15) is 0 Å². The third kappa shape index (κ3) is 6.52. The van der Waals surface area contributed by atoms with E-state index < -0.39 is 12.0 Å². The molecule has 0 spiro atoms. The Morgan fingerprint density at radius 3 is 2.71 bits per heavy atom. The van der Waals surface area contributed by atoms with E-state index in [2.05, 4.69) is 21.2 Å². The molecule has 4 nitrogen and oxygen atoms in total. The van der Waals surface area contributed by atoms with Gasteiger partial charge in [0.1, 0.15) is 6.04 Å². The number of amides is 1. The molecular formula is C15H20BrNO3S. The normalized spacial score (nSPS) is 12.0. The maximum Gasteiger partial charge on any atom is 0.326 e. The SMILES string of the molecule is CCCC[C@H](NC(=O)CSc1ccc(Br)cc1C)C(=O)O. The molecule has 0 aliphatic carbocycles. The Morgan fingerprint density at radius 1 is 1.43 bits per heavy atom. The van der Waals surface area contributed by atoms with Gasteiger partial charge in [-0.15, -0.1) is 11.8 Å². The Labute approximate surface area is 137 Å². The van der Waals surface area contributed by atoms with Crippen molar-refractivity contribution in [2.75, 3.05) is 5.75 Å². The highest BCUT2D eigenvalue weighted by Gasteiger charge is 2.19. The number of hydrogen-bond acceptors (Lipinski definition) is 3. The molecule has 116 valence electrons. The number of rotatable bonds is 8. The first-order chi connectivity index (χ1) is 9.93. The first-order valence-corrected chi connectivity index (χ1v) is 8.63. The van der Waals surface area contributed by atoms with Crippen molar-refractivity contribution in [3.63, 3.8) is 0 Å². The molecule has 1 atom stereocenters. The third-order valence-corrected chi connectivity index (χ3v) is 4.64. The van der Waals surface area contributed by atoms with Crippen LogP contribution in [0.1, 0.15) is 31.7 Å². The maximum atomic E-state index is 11.9. The highest BCUT2D eigenvalue weighted by atomic mass is 79.9. The van der Waals surface area contributed by atoms with Crippen LogP contribution in [0.15, 0.2) is 27.6 Å². The van der Waals surface area contributed by atoms with Gasteiger partial charge in [0.05, 0.1) is 5.75 Å². The zero-order valence-electron chi connectivity index (χ0n) is 12.2. The number of carboxylic acids is 1. The van der Waals surface area contributed by atoms with Crippen molar-refractivity contribution in [3.05, 3.63) is 28.2 Å². The summed E-state index contributed by atoms with van der Waals surface area (Å²) in [6.45, 7) is 3.97. The fourth-order valence-corrected chi connectivity index (χ4v) is 3.12. The minimum Gasteiger partial charge on any atom is -0.480 e. The van der Waals surface area contributed by atoms with Crippen LogP contribution < -0.4 is 5.32 Å². The van der Waals surface area contributed by atoms with Gasteiger partial charge < -0.3 is 10.4 Å². The fourth-order valence-electron chi connectivity index (χ4n) is 1.82. The van der Waals surface area contributed by atoms with Crippen molar-refractivity contribution in [1.82, 2.24) is 5.32 Å². The van der Waals surface area contributed by atoms with Crippen molar-refractivity contribution < 1.29 is 14.7 Å². The number of aliphatic carboxylic acids is 1. The van der Waals surface area contributed by atoms with Crippen LogP contribution in [0.5, 0.6) is 0 Å². The lowest BCUT2D eigenvalue weighted by atomic mass is 10.1. The summed E-state index contributed by atoms with van der Waals surface area (Å²) in [5.41, 5.74) is 1.09. The lowest BCUT2D eigenvalue weighted by Gasteiger charge is -2.14. The predicted octanol–water partition coefficient (Wildman–Crippen LogP) is 3.61. The number of halogens is 1. The topological polar surface area (TPSA) is 66.4 Å². The Morgan fingerprint density at radius 2 is 2.14 bits per heavy atom. The molecule has 0 aliphatic heterocycles. The van der Waals surface area contributed by atoms with E-state index in [0.29, 0.717) is 6.42 Å². The van der Waals surface area contributed by atoms with Crippen molar-refractivity contribution in [2.24, 2.45) is 0 Å². The van der Waals surface area contributed by atoms with E-state index in [9.17, 15) is 9.59 Å². The summed E-state index contributed by atoms with van der Waals surface area (Å²) < 4.78 is 0.999. The van der Waals surface area contributed by atoms with E-state index in [4.69, 9.17) is 5.11 Å². The molecule has 0 aromatic heterocycles. The standard InChI is InChI=1S/C15H20BrNO3S/c1-3-4-5-12(15(19)20)17-14(18)9-21-13-7-6-11(16)8-10(13)2/h6-8,12H,3-5,9H2,1-2H3,(H,17,18)(H,19,20)/t12-/m0/s1. The monoisotopic (exact) mass is 373 g/mol. The van der Waals surface area contributed by atoms with Gasteiger partial charge in [-0.3, -0.25) is 4.79 Å². The largest absolute Gasteiger partial charge is 0.480 e. The summed E-state index contributed by atoms with van der Waals surface area (Å²) in [6.07, 6.45) is 2.17. The molecule has 0 aliphatic rings. The van der Waals surface area contributed by atoms with E-state index in [1.165, 1.54) is 11.8 Å². The van der Waals surface area contributed by atoms with Gasteiger partial charge in [0.25, 0.3) is 0 Å². The molecule has 1 rings (SSSR count). The van der Waals surface area contributed by atoms with E-state index in [1.807, 2.05) is 32.0 Å². The molecule has 2 N–H and O–H groups in total. The molecule has 0 radical (unpaired) electrons. The number of nitrogens with one attached hydrogen (secondary N) is 1. The number of aryl methyl sites for hydroxylation is 1. The van der Waals surface area contributed by atoms with Gasteiger partial charge in [-0.25, -0.2) is 4.79 Å². The molecule has 0 unspecified atom stereocenters. The number of carbonyl (C=O) groups excluding carboxylic acids is 1. The Kier molecular flexibility index (Phi) is 7.82. The molecule has 1 aromatic rings.